The summed E-state index contributed by atoms with van der Waals surface area (Å²) in [5, 5.41) is 13.7. The Kier molecular flexibility index (Phi) is 18.9. The first-order valence-electron chi connectivity index (χ1n) is 27.2. The van der Waals surface area contributed by atoms with Crippen LogP contribution in [0.4, 0.5) is 9.59 Å². The van der Waals surface area contributed by atoms with Gasteiger partial charge in [0.25, 0.3) is 0 Å². The fraction of sp³-hybridized carbons (Fsp3) is 0.418. The van der Waals surface area contributed by atoms with Crippen molar-refractivity contribution in [2.45, 2.75) is 107 Å². The number of hydroxylamine groups is 4. The Morgan fingerprint density at radius 2 is 0.940 bits per heavy atom. The van der Waals surface area contributed by atoms with E-state index in [2.05, 4.69) is 197 Å². The number of hydrogen-bond acceptors (Lipinski definition) is 14. The average molecular weight is 1250 g/mol. The SMILES string of the molecule is C/C=C/[P+](c1ccccc1)(c1ccccc1)c1ccccc1.CC(C)(C)[Si](C)(C)OCCNS(=O)(=O)c1cnn(C2=CC3CN(C2)C(=O)N3OS(=O)(=O)ON2C(=O)N3CC(n4cc(S(=O)(=O)NCCO[Si](C)(C)C(C)(C)C)cn4)=CC2C3)c1. The minimum Gasteiger partial charge on any atom is -0.415 e. The van der Waals surface area contributed by atoms with E-state index in [0.29, 0.717) is 21.5 Å². The molecule has 4 aliphatic heterocycles. The lowest BCUT2D eigenvalue weighted by atomic mass is 10.2. The lowest BCUT2D eigenvalue weighted by Gasteiger charge is -2.36. The Balaban J connectivity index is 0.000000339. The molecule has 0 saturated carbocycles. The molecule has 4 amide bonds. The van der Waals surface area contributed by atoms with Crippen molar-refractivity contribution in [1.82, 2.24) is 48.9 Å². The molecule has 2 aromatic heterocycles. The first-order valence-corrected chi connectivity index (χ1v) is 39.1. The third kappa shape index (κ3) is 14.2. The highest BCUT2D eigenvalue weighted by Gasteiger charge is 2.49. The maximum atomic E-state index is 13.3. The fourth-order valence-electron chi connectivity index (χ4n) is 9.13. The van der Waals surface area contributed by atoms with Crippen LogP contribution < -0.4 is 25.4 Å². The zero-order chi connectivity index (χ0) is 60.4. The summed E-state index contributed by atoms with van der Waals surface area (Å²) in [7, 11) is -18.9. The molecule has 5 aromatic rings. The maximum Gasteiger partial charge on any atom is 0.442 e. The number of urea groups is 2. The summed E-state index contributed by atoms with van der Waals surface area (Å²) < 4.78 is 109. The van der Waals surface area contributed by atoms with E-state index in [-0.39, 0.29) is 72.3 Å². The summed E-state index contributed by atoms with van der Waals surface area (Å²) in [6.07, 6.45) is 10.1. The molecule has 2 atom stereocenters. The van der Waals surface area contributed by atoms with E-state index < -0.39 is 78.5 Å². The molecule has 22 nitrogen and oxygen atoms in total. The highest BCUT2D eigenvalue weighted by atomic mass is 32.3. The Hall–Kier alpha value is -5.69. The van der Waals surface area contributed by atoms with Gasteiger partial charge in [0, 0.05) is 39.4 Å². The quantitative estimate of drug-likeness (QED) is 0.0406. The Labute approximate surface area is 491 Å². The van der Waals surface area contributed by atoms with E-state index in [4.69, 9.17) is 17.4 Å². The van der Waals surface area contributed by atoms with Crippen molar-refractivity contribution in [2.24, 2.45) is 0 Å². The van der Waals surface area contributed by atoms with E-state index in [0.717, 1.165) is 12.4 Å². The first-order chi connectivity index (χ1) is 38.9. The number of benzene rings is 3. The third-order valence-electron chi connectivity index (χ3n) is 15.7. The second kappa shape index (κ2) is 24.7. The van der Waals surface area contributed by atoms with Gasteiger partial charge in [-0.1, -0.05) is 102 Å². The predicted octanol–water partition coefficient (Wildman–Crippen LogP) is 6.92. The fourth-order valence-corrected chi connectivity index (χ4v) is 17.7. The number of nitrogens with one attached hydrogen (secondary N) is 2. The van der Waals surface area contributed by atoms with Crippen LogP contribution in [-0.4, -0.2) is 158 Å². The molecule has 6 heterocycles. The van der Waals surface area contributed by atoms with Crippen molar-refractivity contribution in [3.8, 4) is 0 Å². The molecule has 2 unspecified atom stereocenters. The molecule has 2 N–H and O–H groups in total. The maximum absolute atomic E-state index is 13.3. The van der Waals surface area contributed by atoms with Gasteiger partial charge in [0.1, 0.15) is 45.1 Å². The van der Waals surface area contributed by atoms with Crippen LogP contribution >= 0.6 is 7.26 Å². The standard InChI is InChI=1S/C34H56N10O12S3Si2.C21H20P/c1-33(2,3)60(7,8)53-13-11-37-57(47,48)29-17-35-41(23-29)25-15-27-21-39(19-25)31(45)43(27)55-59(51,52)56-44-28-16-26(20-40(22-28)32(44)46)42-24-30(18-36-42)58(49,50)38-12-14-54-61(9,10)34(4,5)6;1-2-18-22(19-12-6-3-7-13-19,20-14-8-4-9-15-20)21-16-10-5-11-17-21/h15-18,23-24,27-28,37-38H,11-14,19-22H2,1-10H3;2-18H,1H3/q;+1/b;18-2+. The van der Waals surface area contributed by atoms with Gasteiger partial charge >= 0.3 is 22.5 Å². The van der Waals surface area contributed by atoms with Crippen LogP contribution in [0.5, 0.6) is 0 Å². The van der Waals surface area contributed by atoms with Gasteiger partial charge in [0.05, 0.1) is 55.1 Å². The summed E-state index contributed by atoms with van der Waals surface area (Å²) >= 11 is 0. The van der Waals surface area contributed by atoms with Crippen molar-refractivity contribution in [3.05, 3.63) is 140 Å². The van der Waals surface area contributed by atoms with Gasteiger partial charge in [-0.3, -0.25) is 0 Å². The van der Waals surface area contributed by atoms with Crippen LogP contribution in [0.15, 0.2) is 150 Å². The first kappa shape index (κ1) is 63.3. The minimum atomic E-state index is -5.08. The smallest absolute Gasteiger partial charge is 0.415 e. The molecule has 0 radical (unpaired) electrons. The van der Waals surface area contributed by atoms with Crippen LogP contribution in [0.1, 0.15) is 48.5 Å². The second-order valence-corrected chi connectivity index (χ2v) is 41.0. The molecule has 0 spiro atoms. The summed E-state index contributed by atoms with van der Waals surface area (Å²) in [6.45, 7) is 23.5. The molecular weight excluding hydrogens is 1180 g/mol. The molecule has 28 heteroatoms. The molecule has 2 saturated heterocycles. The van der Waals surface area contributed by atoms with Crippen LogP contribution in [0, 0.1) is 0 Å². The zero-order valence-corrected chi connectivity index (χ0v) is 54.1. The summed E-state index contributed by atoms with van der Waals surface area (Å²) in [5.74, 6) is 2.41. The van der Waals surface area contributed by atoms with E-state index in [1.807, 2.05) is 0 Å². The molecule has 4 bridgehead atoms. The molecule has 448 valence electrons. The van der Waals surface area contributed by atoms with Gasteiger partial charge in [-0.25, -0.2) is 45.2 Å². The Morgan fingerprint density at radius 1 is 0.590 bits per heavy atom. The number of hydrogen-bond donors (Lipinski definition) is 2. The second-order valence-electron chi connectivity index (χ2n) is 23.5. The van der Waals surface area contributed by atoms with E-state index in [1.165, 1.54) is 59.6 Å². The van der Waals surface area contributed by atoms with Crippen LogP contribution in [0.25, 0.3) is 11.4 Å². The summed E-state index contributed by atoms with van der Waals surface area (Å²) in [6, 6.07) is 29.1. The molecule has 4 aliphatic rings. The minimum absolute atomic E-state index is 0.0350. The zero-order valence-electron chi connectivity index (χ0n) is 48.7. The van der Waals surface area contributed by atoms with Gasteiger partial charge < -0.3 is 18.7 Å². The highest BCUT2D eigenvalue weighted by Crippen LogP contribution is 2.56. The average Bonchev–Trinajstić information content (AvgIpc) is 4.40. The number of carbonyl (C=O) groups excluding carboxylic acids is 2. The number of aromatic nitrogens is 4. The highest BCUT2D eigenvalue weighted by molar-refractivity contribution is 7.98. The Bertz CT molecular complexity index is 3320. The van der Waals surface area contributed by atoms with Gasteiger partial charge in [0.15, 0.2) is 16.6 Å². The molecule has 2 fully saturated rings. The molecule has 0 aliphatic carbocycles. The van der Waals surface area contributed by atoms with Gasteiger partial charge in [-0.15, -0.1) is 8.57 Å². The van der Waals surface area contributed by atoms with Gasteiger partial charge in [0.2, 0.25) is 20.0 Å². The van der Waals surface area contributed by atoms with Crippen molar-refractivity contribution < 1.29 is 52.3 Å². The number of allylic oxidation sites excluding steroid dienone is 1. The largest absolute Gasteiger partial charge is 0.442 e. The molecule has 83 heavy (non-hydrogen) atoms. The third-order valence-corrected chi connectivity index (χ3v) is 32.3. The van der Waals surface area contributed by atoms with Gasteiger partial charge in [-0.05, 0) is 91.7 Å². The predicted molar refractivity (Wildman–Crippen MR) is 326 cm³/mol. The van der Waals surface area contributed by atoms with Gasteiger partial charge in [-0.2, -0.15) is 28.7 Å². The van der Waals surface area contributed by atoms with Crippen molar-refractivity contribution >= 4 is 93.7 Å². The number of fused-ring (bicyclic) bond motifs is 4. The van der Waals surface area contributed by atoms with E-state index >= 15 is 0 Å². The van der Waals surface area contributed by atoms with Crippen LogP contribution in [0.2, 0.25) is 36.3 Å². The van der Waals surface area contributed by atoms with E-state index in [9.17, 15) is 34.8 Å². The monoisotopic (exact) mass is 1250 g/mol. The molecule has 3 aromatic carbocycles. The molecule has 9 rings (SSSR count). The summed E-state index contributed by atoms with van der Waals surface area (Å²) in [4.78, 5) is 28.9. The Morgan fingerprint density at radius 3 is 1.27 bits per heavy atom. The summed E-state index contributed by atoms with van der Waals surface area (Å²) in [5.41, 5.74) is 0.762. The number of amides is 4. The lowest BCUT2D eigenvalue weighted by Crippen LogP contribution is -2.42. The number of nitrogens with zero attached hydrogens (tertiary/aromatic N) is 8. The van der Waals surface area contributed by atoms with Crippen LogP contribution in [0.3, 0.4) is 0 Å². The number of sulfonamides is 2. The molecular formula is C55H76N10O12PS3Si2+. The van der Waals surface area contributed by atoms with Crippen molar-refractivity contribution in [3.63, 3.8) is 0 Å². The van der Waals surface area contributed by atoms with Crippen LogP contribution in [-0.2, 0) is 47.9 Å². The normalized spacial score (nSPS) is 18.2. The lowest BCUT2D eigenvalue weighted by molar-refractivity contribution is -0.0723. The number of rotatable bonds is 22. The number of carbonyl (C=O) groups is 2. The van der Waals surface area contributed by atoms with Crippen molar-refractivity contribution in [1.29, 1.82) is 0 Å². The topological polar surface area (TPSA) is 246 Å². The van der Waals surface area contributed by atoms with Crippen molar-refractivity contribution in [2.75, 3.05) is 52.5 Å². The van der Waals surface area contributed by atoms with E-state index in [1.54, 1.807) is 0 Å².